The minimum Gasteiger partial charge on any atom is -0.371 e. The summed E-state index contributed by atoms with van der Waals surface area (Å²) in [5.41, 5.74) is -0.185. The van der Waals surface area contributed by atoms with E-state index < -0.39 is 0 Å². The van der Waals surface area contributed by atoms with Crippen molar-refractivity contribution in [1.82, 2.24) is 10.3 Å². The first-order chi connectivity index (χ1) is 7.72. The molecule has 3 nitrogen and oxygen atoms in total. The predicted octanol–water partition coefficient (Wildman–Crippen LogP) is 2.91. The molecular weight excluding hydrogens is 220 g/mol. The third kappa shape index (κ3) is 2.81. The maximum Gasteiger partial charge on any atom is 0.125 e. The van der Waals surface area contributed by atoms with Crippen LogP contribution in [0.5, 0.6) is 0 Å². The topological polar surface area (TPSA) is 34.2 Å². The van der Waals surface area contributed by atoms with Crippen LogP contribution in [0.3, 0.4) is 0 Å². The molecule has 16 heavy (non-hydrogen) atoms. The van der Waals surface area contributed by atoms with E-state index in [1.165, 1.54) is 4.88 Å². The Labute approximate surface area is 102 Å². The van der Waals surface area contributed by atoms with Gasteiger partial charge in [0.15, 0.2) is 0 Å². The number of methoxy groups -OCH3 is 1. The lowest BCUT2D eigenvalue weighted by Crippen LogP contribution is -2.26. The Bertz CT molecular complexity index is 299. The van der Waals surface area contributed by atoms with Crippen molar-refractivity contribution in [3.63, 3.8) is 0 Å². The molecule has 0 aliphatic rings. The molecule has 0 aromatic carbocycles. The monoisotopic (exact) mass is 242 g/mol. The van der Waals surface area contributed by atoms with E-state index in [-0.39, 0.29) is 5.60 Å². The van der Waals surface area contributed by atoms with E-state index in [9.17, 15) is 0 Å². The minimum absolute atomic E-state index is 0.185. The number of hydrogen-bond donors (Lipinski definition) is 1. The average Bonchev–Trinajstić information content (AvgIpc) is 2.79. The molecule has 1 rings (SSSR count). The lowest BCUT2D eigenvalue weighted by atomic mass is 9.98. The number of thiazole rings is 1. The molecule has 1 N–H and O–H groups in total. The molecule has 0 aliphatic carbocycles. The third-order valence-corrected chi connectivity index (χ3v) is 4.21. The number of aromatic nitrogens is 1. The highest BCUT2D eigenvalue weighted by Crippen LogP contribution is 2.34. The van der Waals surface area contributed by atoms with E-state index >= 15 is 0 Å². The molecule has 0 saturated carbocycles. The van der Waals surface area contributed by atoms with Gasteiger partial charge in [0.1, 0.15) is 10.6 Å². The summed E-state index contributed by atoms with van der Waals surface area (Å²) in [6.07, 6.45) is 3.89. The van der Waals surface area contributed by atoms with Crippen LogP contribution in [0.1, 0.15) is 43.5 Å². The highest BCUT2D eigenvalue weighted by molar-refractivity contribution is 7.11. The van der Waals surface area contributed by atoms with Crippen molar-refractivity contribution in [2.24, 2.45) is 0 Å². The SMILES string of the molecule is CCNCc1cnc(C(CC)(CC)OC)s1. The summed E-state index contributed by atoms with van der Waals surface area (Å²) in [4.78, 5) is 5.79. The van der Waals surface area contributed by atoms with Gasteiger partial charge in [-0.15, -0.1) is 11.3 Å². The lowest BCUT2D eigenvalue weighted by molar-refractivity contribution is -0.0218. The first kappa shape index (κ1) is 13.6. The zero-order valence-electron chi connectivity index (χ0n) is 10.7. The van der Waals surface area contributed by atoms with Gasteiger partial charge in [-0.25, -0.2) is 4.98 Å². The number of nitrogens with one attached hydrogen (secondary N) is 1. The molecular formula is C12H22N2OS. The van der Waals surface area contributed by atoms with Crippen LogP contribution in [-0.2, 0) is 16.9 Å². The van der Waals surface area contributed by atoms with Gasteiger partial charge in [0.05, 0.1) is 0 Å². The predicted molar refractivity (Wildman–Crippen MR) is 68.8 cm³/mol. The Morgan fingerprint density at radius 1 is 1.38 bits per heavy atom. The van der Waals surface area contributed by atoms with Gasteiger partial charge in [-0.3, -0.25) is 0 Å². The minimum atomic E-state index is -0.185. The molecule has 0 fully saturated rings. The zero-order valence-corrected chi connectivity index (χ0v) is 11.5. The number of rotatable bonds is 7. The molecule has 0 atom stereocenters. The van der Waals surface area contributed by atoms with Gasteiger partial charge in [-0.2, -0.15) is 0 Å². The molecule has 0 amide bonds. The van der Waals surface area contributed by atoms with E-state index in [4.69, 9.17) is 4.74 Å². The summed E-state index contributed by atoms with van der Waals surface area (Å²) in [7, 11) is 1.78. The fourth-order valence-corrected chi connectivity index (χ4v) is 2.97. The molecule has 0 saturated heterocycles. The summed E-state index contributed by atoms with van der Waals surface area (Å²) in [6, 6.07) is 0. The summed E-state index contributed by atoms with van der Waals surface area (Å²) in [6.45, 7) is 8.31. The molecule has 0 radical (unpaired) electrons. The number of hydrogen-bond acceptors (Lipinski definition) is 4. The van der Waals surface area contributed by atoms with Crippen LogP contribution in [0, 0.1) is 0 Å². The van der Waals surface area contributed by atoms with Gasteiger partial charge in [-0.1, -0.05) is 20.8 Å². The molecule has 0 spiro atoms. The largest absolute Gasteiger partial charge is 0.371 e. The van der Waals surface area contributed by atoms with E-state index in [0.717, 1.165) is 30.9 Å². The summed E-state index contributed by atoms with van der Waals surface area (Å²) in [5, 5.41) is 4.42. The molecule has 0 unspecified atom stereocenters. The van der Waals surface area contributed by atoms with Crippen LogP contribution in [0.4, 0.5) is 0 Å². The van der Waals surface area contributed by atoms with Crippen molar-refractivity contribution in [3.8, 4) is 0 Å². The number of nitrogens with zero attached hydrogens (tertiary/aromatic N) is 1. The molecule has 4 heteroatoms. The van der Waals surface area contributed by atoms with Crippen molar-refractivity contribution in [1.29, 1.82) is 0 Å². The summed E-state index contributed by atoms with van der Waals surface area (Å²) >= 11 is 1.75. The van der Waals surface area contributed by atoms with Gasteiger partial charge in [0.2, 0.25) is 0 Å². The normalized spacial score (nSPS) is 12.0. The lowest BCUT2D eigenvalue weighted by Gasteiger charge is -2.27. The van der Waals surface area contributed by atoms with Crippen LogP contribution in [0.25, 0.3) is 0 Å². The van der Waals surface area contributed by atoms with E-state index in [1.54, 1.807) is 18.4 Å². The molecule has 1 heterocycles. The van der Waals surface area contributed by atoms with Gasteiger partial charge < -0.3 is 10.1 Å². The van der Waals surface area contributed by atoms with Crippen LogP contribution >= 0.6 is 11.3 Å². The fraction of sp³-hybridized carbons (Fsp3) is 0.750. The zero-order chi connectivity index (χ0) is 12.0. The Balaban J connectivity index is 2.81. The van der Waals surface area contributed by atoms with Crippen molar-refractivity contribution in [3.05, 3.63) is 16.1 Å². The third-order valence-electron chi connectivity index (χ3n) is 3.03. The number of ether oxygens (including phenoxy) is 1. The van der Waals surface area contributed by atoms with E-state index in [1.807, 2.05) is 6.20 Å². The second-order valence-electron chi connectivity index (χ2n) is 3.82. The van der Waals surface area contributed by atoms with Crippen LogP contribution in [0.2, 0.25) is 0 Å². The standard InChI is InChI=1S/C12H22N2OS/c1-5-12(6-2,15-4)11-14-9-10(16-11)8-13-7-3/h9,13H,5-8H2,1-4H3. The van der Waals surface area contributed by atoms with Crippen molar-refractivity contribution < 1.29 is 4.74 Å². The highest BCUT2D eigenvalue weighted by atomic mass is 32.1. The molecule has 0 bridgehead atoms. The van der Waals surface area contributed by atoms with Gasteiger partial charge >= 0.3 is 0 Å². The summed E-state index contributed by atoms with van der Waals surface area (Å²) in [5.74, 6) is 0. The average molecular weight is 242 g/mol. The van der Waals surface area contributed by atoms with Crippen molar-refractivity contribution in [2.45, 2.75) is 45.8 Å². The van der Waals surface area contributed by atoms with Gasteiger partial charge in [0, 0.05) is 24.7 Å². The van der Waals surface area contributed by atoms with Crippen LogP contribution in [-0.4, -0.2) is 18.6 Å². The van der Waals surface area contributed by atoms with Crippen LogP contribution in [0.15, 0.2) is 6.20 Å². The fourth-order valence-electron chi connectivity index (χ4n) is 1.78. The van der Waals surface area contributed by atoms with E-state index in [0.29, 0.717) is 0 Å². The Hall–Kier alpha value is -0.450. The molecule has 1 aromatic heterocycles. The quantitative estimate of drug-likeness (QED) is 0.798. The maximum atomic E-state index is 5.67. The first-order valence-corrected chi connectivity index (χ1v) is 6.75. The smallest absolute Gasteiger partial charge is 0.125 e. The second kappa shape index (κ2) is 6.33. The van der Waals surface area contributed by atoms with Gasteiger partial charge in [-0.05, 0) is 19.4 Å². The Morgan fingerprint density at radius 3 is 2.56 bits per heavy atom. The van der Waals surface area contributed by atoms with E-state index in [2.05, 4.69) is 31.1 Å². The first-order valence-electron chi connectivity index (χ1n) is 5.93. The van der Waals surface area contributed by atoms with Gasteiger partial charge in [0.25, 0.3) is 0 Å². The Morgan fingerprint density at radius 2 is 2.06 bits per heavy atom. The van der Waals surface area contributed by atoms with Crippen molar-refractivity contribution in [2.75, 3.05) is 13.7 Å². The second-order valence-corrected chi connectivity index (χ2v) is 4.93. The molecule has 1 aromatic rings. The Kier molecular flexibility index (Phi) is 5.38. The maximum absolute atomic E-state index is 5.67. The molecule has 92 valence electrons. The highest BCUT2D eigenvalue weighted by Gasteiger charge is 2.31. The summed E-state index contributed by atoms with van der Waals surface area (Å²) < 4.78 is 5.67. The van der Waals surface area contributed by atoms with Crippen LogP contribution < -0.4 is 5.32 Å². The van der Waals surface area contributed by atoms with Crippen molar-refractivity contribution >= 4 is 11.3 Å². The molecule has 0 aliphatic heterocycles.